The zero-order valence-electron chi connectivity index (χ0n) is 16.0. The third-order valence-electron chi connectivity index (χ3n) is 4.31. The van der Waals surface area contributed by atoms with Crippen LogP contribution in [-0.4, -0.2) is 24.6 Å². The minimum Gasteiger partial charge on any atom is -0.325 e. The van der Waals surface area contributed by atoms with Crippen LogP contribution < -0.4 is 10.9 Å². The van der Waals surface area contributed by atoms with Gasteiger partial charge in [-0.25, -0.2) is 8.42 Å². The molecular weight excluding hydrogens is 402 g/mol. The smallest absolute Gasteiger partial charge is 0.250 e. The molecule has 1 N–H and O–H groups in total. The van der Waals surface area contributed by atoms with Gasteiger partial charge in [-0.1, -0.05) is 30.3 Å². The lowest BCUT2D eigenvalue weighted by Crippen LogP contribution is -2.24. The van der Waals surface area contributed by atoms with Gasteiger partial charge in [0.05, 0.1) is 23.9 Å². The third-order valence-corrected chi connectivity index (χ3v) is 5.79. The maximum absolute atomic E-state index is 12.3. The van der Waals surface area contributed by atoms with Gasteiger partial charge in [0.25, 0.3) is 5.56 Å². The summed E-state index contributed by atoms with van der Waals surface area (Å²) in [6, 6.07) is 19.9. The number of nitriles is 1. The average Bonchev–Trinajstić information content (AvgIpc) is 2.71. The number of nitrogens with one attached hydrogen (secondary N) is 1. The number of pyridine rings is 1. The zero-order chi connectivity index (χ0) is 21.6. The molecule has 0 atom stereocenters. The summed E-state index contributed by atoms with van der Waals surface area (Å²) in [5, 5.41) is 11.4. The first-order valence-electron chi connectivity index (χ1n) is 9.08. The maximum atomic E-state index is 12.3. The van der Waals surface area contributed by atoms with Gasteiger partial charge in [-0.2, -0.15) is 5.26 Å². The van der Waals surface area contributed by atoms with Crippen LogP contribution >= 0.6 is 0 Å². The Balaban J connectivity index is 1.58. The molecule has 30 heavy (non-hydrogen) atoms. The van der Waals surface area contributed by atoms with Gasteiger partial charge in [-0.15, -0.1) is 0 Å². The Morgan fingerprint density at radius 2 is 1.63 bits per heavy atom. The number of rotatable bonds is 7. The van der Waals surface area contributed by atoms with E-state index in [0.29, 0.717) is 23.4 Å². The van der Waals surface area contributed by atoms with E-state index in [1.807, 2.05) is 6.07 Å². The van der Waals surface area contributed by atoms with E-state index < -0.39 is 21.5 Å². The maximum Gasteiger partial charge on any atom is 0.250 e. The molecule has 1 aromatic heterocycles. The summed E-state index contributed by atoms with van der Waals surface area (Å²) in [7, 11) is -3.66. The molecule has 3 rings (SSSR count). The number of hydrogen-bond donors (Lipinski definition) is 1. The Labute approximate surface area is 174 Å². The van der Waals surface area contributed by atoms with Crippen LogP contribution in [0.1, 0.15) is 16.7 Å². The van der Waals surface area contributed by atoms with Crippen molar-refractivity contribution in [2.24, 2.45) is 0 Å². The van der Waals surface area contributed by atoms with Crippen molar-refractivity contribution >= 4 is 21.4 Å². The average molecular weight is 421 g/mol. The predicted octanol–water partition coefficient (Wildman–Crippen LogP) is 2.32. The second kappa shape index (κ2) is 9.20. The fourth-order valence-corrected chi connectivity index (χ4v) is 4.13. The van der Waals surface area contributed by atoms with Crippen LogP contribution in [0.25, 0.3) is 0 Å². The van der Waals surface area contributed by atoms with Crippen molar-refractivity contribution in [2.75, 3.05) is 11.1 Å². The molecule has 152 valence electrons. The molecular formula is C22H19N3O4S. The summed E-state index contributed by atoms with van der Waals surface area (Å²) in [4.78, 5) is 23.9. The highest BCUT2D eigenvalue weighted by atomic mass is 32.2. The summed E-state index contributed by atoms with van der Waals surface area (Å²) in [5.74, 6) is -1.55. The third kappa shape index (κ3) is 5.90. The van der Waals surface area contributed by atoms with Crippen molar-refractivity contribution in [3.05, 3.63) is 100.0 Å². The number of carbonyl (C=O) groups excluding carboxylic acids is 1. The van der Waals surface area contributed by atoms with E-state index in [1.54, 1.807) is 59.3 Å². The Hall–Kier alpha value is -3.70. The summed E-state index contributed by atoms with van der Waals surface area (Å²) in [6.45, 7) is 0.396. The van der Waals surface area contributed by atoms with Gasteiger partial charge in [0.1, 0.15) is 5.75 Å². The van der Waals surface area contributed by atoms with Gasteiger partial charge >= 0.3 is 0 Å². The van der Waals surface area contributed by atoms with Gasteiger partial charge < -0.3 is 9.88 Å². The lowest BCUT2D eigenvalue weighted by Gasteiger charge is -2.09. The number of anilines is 1. The van der Waals surface area contributed by atoms with Crippen molar-refractivity contribution in [2.45, 2.75) is 12.3 Å². The lowest BCUT2D eigenvalue weighted by molar-refractivity contribution is -0.113. The number of benzene rings is 2. The molecule has 3 aromatic rings. The lowest BCUT2D eigenvalue weighted by atomic mass is 10.2. The first kappa shape index (κ1) is 21.0. The molecule has 0 saturated heterocycles. The molecule has 0 saturated carbocycles. The molecule has 0 aliphatic heterocycles. The van der Waals surface area contributed by atoms with E-state index in [2.05, 4.69) is 5.32 Å². The van der Waals surface area contributed by atoms with Gasteiger partial charge in [-0.05, 0) is 41.5 Å². The highest BCUT2D eigenvalue weighted by Crippen LogP contribution is 2.12. The Morgan fingerprint density at radius 1 is 0.967 bits per heavy atom. The predicted molar refractivity (Wildman–Crippen MR) is 114 cm³/mol. The van der Waals surface area contributed by atoms with Crippen LogP contribution in [-0.2, 0) is 26.9 Å². The van der Waals surface area contributed by atoms with Crippen LogP contribution in [0.4, 0.5) is 5.69 Å². The Bertz CT molecular complexity index is 1240. The van der Waals surface area contributed by atoms with Gasteiger partial charge in [0.2, 0.25) is 5.91 Å². The molecule has 0 spiro atoms. The van der Waals surface area contributed by atoms with Gasteiger partial charge in [0.15, 0.2) is 9.84 Å². The summed E-state index contributed by atoms with van der Waals surface area (Å²) >= 11 is 0. The molecule has 0 aliphatic rings. The molecule has 0 fully saturated rings. The Kier molecular flexibility index (Phi) is 6.45. The van der Waals surface area contributed by atoms with Crippen molar-refractivity contribution in [3.8, 4) is 6.07 Å². The number of amides is 1. The van der Waals surface area contributed by atoms with E-state index in [-0.39, 0.29) is 11.3 Å². The summed E-state index contributed by atoms with van der Waals surface area (Å²) in [6.07, 6.45) is 1.69. The second-order valence-corrected chi connectivity index (χ2v) is 8.82. The van der Waals surface area contributed by atoms with Crippen molar-refractivity contribution < 1.29 is 13.2 Å². The van der Waals surface area contributed by atoms with Crippen LogP contribution in [0.2, 0.25) is 0 Å². The van der Waals surface area contributed by atoms with Crippen LogP contribution in [0.5, 0.6) is 0 Å². The quantitative estimate of drug-likeness (QED) is 0.630. The number of carbonyl (C=O) groups is 1. The molecule has 0 unspecified atom stereocenters. The first-order valence-corrected chi connectivity index (χ1v) is 10.9. The number of nitrogens with zero attached hydrogens (tertiary/aromatic N) is 2. The number of hydrogen-bond acceptors (Lipinski definition) is 5. The number of aromatic nitrogens is 1. The van der Waals surface area contributed by atoms with E-state index in [0.717, 1.165) is 5.56 Å². The first-order chi connectivity index (χ1) is 14.3. The van der Waals surface area contributed by atoms with E-state index in [9.17, 15) is 18.0 Å². The van der Waals surface area contributed by atoms with Crippen molar-refractivity contribution in [1.29, 1.82) is 5.26 Å². The molecule has 0 aliphatic carbocycles. The zero-order valence-corrected chi connectivity index (χ0v) is 16.8. The number of sulfone groups is 1. The van der Waals surface area contributed by atoms with E-state index in [4.69, 9.17) is 5.26 Å². The molecule has 0 bridgehead atoms. The van der Waals surface area contributed by atoms with E-state index >= 15 is 0 Å². The van der Waals surface area contributed by atoms with Crippen LogP contribution in [0.15, 0.2) is 77.7 Å². The standard InChI is InChI=1S/C22H19N3O4S/c23-13-17-4-6-19(7-5-17)15-30(28,29)16-21(26)24-20-10-8-18(9-11-20)14-25-12-2-1-3-22(25)27/h1-12H,14-16H2,(H,24,26). The van der Waals surface area contributed by atoms with Gasteiger partial charge in [0, 0.05) is 18.0 Å². The molecule has 1 amide bonds. The molecule has 0 radical (unpaired) electrons. The highest BCUT2D eigenvalue weighted by molar-refractivity contribution is 7.91. The van der Waals surface area contributed by atoms with Crippen molar-refractivity contribution in [3.63, 3.8) is 0 Å². The fourth-order valence-electron chi connectivity index (χ4n) is 2.86. The monoisotopic (exact) mass is 421 g/mol. The SMILES string of the molecule is N#Cc1ccc(CS(=O)(=O)CC(=O)Nc2ccc(Cn3ccccc3=O)cc2)cc1. The van der Waals surface area contributed by atoms with E-state index in [1.165, 1.54) is 18.2 Å². The molecule has 8 heteroatoms. The second-order valence-electron chi connectivity index (χ2n) is 6.75. The molecule has 1 heterocycles. The summed E-state index contributed by atoms with van der Waals surface area (Å²) < 4.78 is 26.1. The minimum absolute atomic E-state index is 0.109. The van der Waals surface area contributed by atoms with Crippen LogP contribution in [0.3, 0.4) is 0 Å². The van der Waals surface area contributed by atoms with Gasteiger partial charge in [-0.3, -0.25) is 9.59 Å². The topological polar surface area (TPSA) is 109 Å². The molecule has 2 aromatic carbocycles. The normalized spacial score (nSPS) is 10.9. The fraction of sp³-hybridized carbons (Fsp3) is 0.136. The minimum atomic E-state index is -3.66. The highest BCUT2D eigenvalue weighted by Gasteiger charge is 2.17. The summed E-state index contributed by atoms with van der Waals surface area (Å²) in [5.41, 5.74) is 2.19. The molecule has 7 nitrogen and oxygen atoms in total. The van der Waals surface area contributed by atoms with Crippen LogP contribution in [0, 0.1) is 11.3 Å². The Morgan fingerprint density at radius 3 is 2.27 bits per heavy atom. The largest absolute Gasteiger partial charge is 0.325 e. The van der Waals surface area contributed by atoms with Crippen molar-refractivity contribution in [1.82, 2.24) is 4.57 Å².